The van der Waals surface area contributed by atoms with Crippen molar-refractivity contribution in [2.45, 2.75) is 39.2 Å². The number of nitrogens with zero attached hydrogens (tertiary/aromatic N) is 2. The first kappa shape index (κ1) is 14.9. The molecule has 19 heavy (non-hydrogen) atoms. The van der Waals surface area contributed by atoms with Gasteiger partial charge in [0.1, 0.15) is 5.69 Å². The molecule has 0 aliphatic carbocycles. The van der Waals surface area contributed by atoms with Crippen LogP contribution in [0.2, 0.25) is 0 Å². The van der Waals surface area contributed by atoms with Crippen molar-refractivity contribution < 1.29 is 19.6 Å². The lowest BCUT2D eigenvalue weighted by molar-refractivity contribution is -0.390. The maximum Gasteiger partial charge on any atom is 0.406 e. The van der Waals surface area contributed by atoms with Crippen molar-refractivity contribution in [3.63, 3.8) is 0 Å². The number of hydrogen-bond donors (Lipinski definition) is 1. The molecule has 1 aromatic rings. The van der Waals surface area contributed by atoms with E-state index in [1.807, 2.05) is 6.92 Å². The molecule has 1 heterocycles. The molecule has 0 spiro atoms. The van der Waals surface area contributed by atoms with Crippen molar-refractivity contribution in [3.8, 4) is 5.75 Å². The van der Waals surface area contributed by atoms with Gasteiger partial charge in [0.15, 0.2) is 6.10 Å². The molecule has 0 aliphatic rings. The molecule has 1 atom stereocenters. The first-order valence-electron chi connectivity index (χ1n) is 5.97. The lowest BCUT2D eigenvalue weighted by Gasteiger charge is -2.14. The Balaban J connectivity index is 2.95. The predicted octanol–water partition coefficient (Wildman–Crippen LogP) is 2.32. The normalized spacial score (nSPS) is 11.9. The van der Waals surface area contributed by atoms with Gasteiger partial charge in [-0.05, 0) is 34.9 Å². The van der Waals surface area contributed by atoms with Crippen LogP contribution in [-0.2, 0) is 4.79 Å². The number of aliphatic carboxylic acids is 1. The largest absolute Gasteiger partial charge is 0.479 e. The average molecular weight is 268 g/mol. The minimum absolute atomic E-state index is 0.112. The lowest BCUT2D eigenvalue weighted by Crippen LogP contribution is -2.27. The Morgan fingerprint density at radius 1 is 1.58 bits per heavy atom. The predicted molar refractivity (Wildman–Crippen MR) is 67.2 cm³/mol. The zero-order chi connectivity index (χ0) is 14.4. The van der Waals surface area contributed by atoms with Gasteiger partial charge in [0.05, 0.1) is 0 Å². The fourth-order valence-electron chi connectivity index (χ4n) is 1.53. The molecule has 0 fully saturated rings. The summed E-state index contributed by atoms with van der Waals surface area (Å²) in [5.41, 5.74) is 0.472. The molecule has 104 valence electrons. The number of ether oxygens (including phenoxy) is 1. The summed E-state index contributed by atoms with van der Waals surface area (Å²) in [7, 11) is 0. The van der Waals surface area contributed by atoms with Crippen molar-refractivity contribution >= 4 is 11.8 Å². The van der Waals surface area contributed by atoms with Crippen LogP contribution in [0.15, 0.2) is 12.1 Å². The lowest BCUT2D eigenvalue weighted by atomic mass is 10.1. The van der Waals surface area contributed by atoms with Crippen molar-refractivity contribution in [1.82, 2.24) is 4.98 Å². The molecule has 0 aliphatic heterocycles. The van der Waals surface area contributed by atoms with Gasteiger partial charge in [-0.15, -0.1) is 0 Å². The number of aryl methyl sites for hydroxylation is 1. The molecule has 0 radical (unpaired) electrons. The Labute approximate surface area is 110 Å². The van der Waals surface area contributed by atoms with E-state index in [9.17, 15) is 14.9 Å². The number of carboxylic acid groups (broad SMARTS) is 1. The molecule has 7 heteroatoms. The molecule has 1 aromatic heterocycles. The average Bonchev–Trinajstić information content (AvgIpc) is 2.35. The number of hydrogen-bond acceptors (Lipinski definition) is 5. The van der Waals surface area contributed by atoms with Crippen LogP contribution in [0.3, 0.4) is 0 Å². The van der Waals surface area contributed by atoms with Crippen molar-refractivity contribution in [3.05, 3.63) is 27.9 Å². The molecule has 1 N–H and O–H groups in total. The van der Waals surface area contributed by atoms with E-state index in [0.29, 0.717) is 18.5 Å². The summed E-state index contributed by atoms with van der Waals surface area (Å²) in [5, 5.41) is 19.9. The molecule has 1 rings (SSSR count). The van der Waals surface area contributed by atoms with Crippen molar-refractivity contribution in [2.75, 3.05) is 0 Å². The monoisotopic (exact) mass is 268 g/mol. The first-order valence-corrected chi connectivity index (χ1v) is 5.97. The van der Waals surface area contributed by atoms with Gasteiger partial charge in [-0.2, -0.15) is 0 Å². The SMILES string of the molecule is CCCCC(Oc1ccc(C)nc1[N+](=O)[O-])C(=O)O. The van der Waals surface area contributed by atoms with E-state index >= 15 is 0 Å². The zero-order valence-electron chi connectivity index (χ0n) is 10.8. The maximum atomic E-state index is 11.0. The Kier molecular flexibility index (Phi) is 5.23. The smallest absolute Gasteiger partial charge is 0.406 e. The highest BCUT2D eigenvalue weighted by Crippen LogP contribution is 2.26. The Morgan fingerprint density at radius 2 is 2.26 bits per heavy atom. The van der Waals surface area contributed by atoms with Gasteiger partial charge in [-0.1, -0.05) is 13.3 Å². The maximum absolute atomic E-state index is 11.0. The van der Waals surface area contributed by atoms with E-state index in [0.717, 1.165) is 6.42 Å². The van der Waals surface area contributed by atoms with Crippen LogP contribution in [0.1, 0.15) is 31.9 Å². The quantitative estimate of drug-likeness (QED) is 0.601. The summed E-state index contributed by atoms with van der Waals surface area (Å²) in [6.45, 7) is 3.54. The highest BCUT2D eigenvalue weighted by Gasteiger charge is 2.25. The number of carboxylic acids is 1. The minimum atomic E-state index is -1.14. The Hall–Kier alpha value is -2.18. The summed E-state index contributed by atoms with van der Waals surface area (Å²) >= 11 is 0. The van der Waals surface area contributed by atoms with Gasteiger partial charge in [0.2, 0.25) is 5.75 Å². The molecular formula is C12H16N2O5. The number of nitro groups is 1. The van der Waals surface area contributed by atoms with Crippen molar-refractivity contribution in [2.24, 2.45) is 0 Å². The number of unbranched alkanes of at least 4 members (excludes halogenated alkanes) is 1. The van der Waals surface area contributed by atoms with Crippen LogP contribution >= 0.6 is 0 Å². The molecule has 7 nitrogen and oxygen atoms in total. The van der Waals surface area contributed by atoms with E-state index in [2.05, 4.69) is 4.98 Å². The first-order chi connectivity index (χ1) is 8.95. The van der Waals surface area contributed by atoms with E-state index in [1.165, 1.54) is 6.07 Å². The van der Waals surface area contributed by atoms with Gasteiger partial charge in [0.25, 0.3) is 0 Å². The molecule has 0 amide bonds. The van der Waals surface area contributed by atoms with Crippen LogP contribution in [0.5, 0.6) is 5.75 Å². The van der Waals surface area contributed by atoms with Crippen LogP contribution < -0.4 is 4.74 Å². The third-order valence-electron chi connectivity index (χ3n) is 2.52. The van der Waals surface area contributed by atoms with E-state index in [4.69, 9.17) is 9.84 Å². The number of rotatable bonds is 7. The summed E-state index contributed by atoms with van der Waals surface area (Å²) in [6, 6.07) is 2.92. The van der Waals surface area contributed by atoms with E-state index in [1.54, 1.807) is 13.0 Å². The molecule has 0 aromatic carbocycles. The molecule has 0 saturated heterocycles. The Morgan fingerprint density at radius 3 is 2.79 bits per heavy atom. The van der Waals surface area contributed by atoms with Gasteiger partial charge in [0, 0.05) is 6.92 Å². The zero-order valence-corrected chi connectivity index (χ0v) is 10.8. The van der Waals surface area contributed by atoms with Gasteiger partial charge < -0.3 is 20.0 Å². The fraction of sp³-hybridized carbons (Fsp3) is 0.500. The van der Waals surface area contributed by atoms with Crippen molar-refractivity contribution in [1.29, 1.82) is 0 Å². The molecule has 0 bridgehead atoms. The van der Waals surface area contributed by atoms with Gasteiger partial charge in [-0.25, -0.2) is 4.79 Å². The second-order valence-corrected chi connectivity index (χ2v) is 4.12. The summed E-state index contributed by atoms with van der Waals surface area (Å²) < 4.78 is 5.22. The summed E-state index contributed by atoms with van der Waals surface area (Å²) in [5.74, 6) is -1.70. The topological polar surface area (TPSA) is 103 Å². The fourth-order valence-corrected chi connectivity index (χ4v) is 1.53. The number of pyridine rings is 1. The molecule has 0 saturated carbocycles. The third kappa shape index (κ3) is 4.20. The van der Waals surface area contributed by atoms with Crippen LogP contribution in [0.4, 0.5) is 5.82 Å². The second kappa shape index (κ2) is 6.67. The van der Waals surface area contributed by atoms with Crippen LogP contribution in [-0.4, -0.2) is 27.1 Å². The van der Waals surface area contributed by atoms with Crippen LogP contribution in [0, 0.1) is 17.0 Å². The number of carbonyl (C=O) groups is 1. The highest BCUT2D eigenvalue weighted by atomic mass is 16.6. The summed E-state index contributed by atoms with van der Waals surface area (Å²) in [4.78, 5) is 25.0. The third-order valence-corrected chi connectivity index (χ3v) is 2.52. The molecular weight excluding hydrogens is 252 g/mol. The summed E-state index contributed by atoms with van der Waals surface area (Å²) in [6.07, 6.45) is 0.700. The van der Waals surface area contributed by atoms with Crippen LogP contribution in [0.25, 0.3) is 0 Å². The standard InChI is InChI=1S/C12H16N2O5/c1-3-4-5-10(12(15)16)19-9-7-6-8(2)13-11(9)14(17)18/h6-7,10H,3-5H2,1-2H3,(H,15,16). The molecule has 1 unspecified atom stereocenters. The van der Waals surface area contributed by atoms with E-state index < -0.39 is 22.8 Å². The van der Waals surface area contributed by atoms with Gasteiger partial charge in [-0.3, -0.25) is 0 Å². The number of aromatic nitrogens is 1. The van der Waals surface area contributed by atoms with E-state index in [-0.39, 0.29) is 5.75 Å². The minimum Gasteiger partial charge on any atom is -0.479 e. The highest BCUT2D eigenvalue weighted by molar-refractivity contribution is 5.72. The Bertz CT molecular complexity index is 475. The van der Waals surface area contributed by atoms with Gasteiger partial charge >= 0.3 is 11.8 Å². The second-order valence-electron chi connectivity index (χ2n) is 4.12.